The third kappa shape index (κ3) is 7.22. The first-order valence-corrected chi connectivity index (χ1v) is 10.3. The number of nitrogens with one attached hydrogen (secondary N) is 2. The van der Waals surface area contributed by atoms with Crippen molar-refractivity contribution >= 4 is 23.5 Å². The molecule has 2 N–H and O–H groups in total. The number of benzene rings is 1. The van der Waals surface area contributed by atoms with Crippen LogP contribution in [0.2, 0.25) is 0 Å². The molecule has 1 fully saturated rings. The third-order valence-corrected chi connectivity index (χ3v) is 4.48. The van der Waals surface area contributed by atoms with Gasteiger partial charge in [0.05, 0.1) is 31.9 Å². The van der Waals surface area contributed by atoms with Gasteiger partial charge in [0.2, 0.25) is 11.8 Å². The third-order valence-electron chi connectivity index (χ3n) is 4.48. The topological polar surface area (TPSA) is 106 Å². The number of esters is 1. The molecule has 0 bridgehead atoms. The average Bonchev–Trinajstić information content (AvgIpc) is 2.75. The van der Waals surface area contributed by atoms with E-state index in [1.807, 2.05) is 32.0 Å². The van der Waals surface area contributed by atoms with Gasteiger partial charge in [-0.15, -0.1) is 0 Å². The van der Waals surface area contributed by atoms with Gasteiger partial charge in [-0.2, -0.15) is 0 Å². The second kappa shape index (κ2) is 12.7. The van der Waals surface area contributed by atoms with Crippen LogP contribution in [0, 0.1) is 0 Å². The van der Waals surface area contributed by atoms with Gasteiger partial charge >= 0.3 is 5.97 Å². The molecule has 0 spiro atoms. The fraction of sp³-hybridized carbons (Fsp3) is 0.571. The van der Waals surface area contributed by atoms with Crippen LogP contribution < -0.4 is 15.4 Å². The van der Waals surface area contributed by atoms with Crippen LogP contribution in [0.3, 0.4) is 0 Å². The molecule has 9 heteroatoms. The number of hydrogen-bond acceptors (Lipinski definition) is 7. The largest absolute Gasteiger partial charge is 0.489 e. The molecule has 0 aromatic heterocycles. The minimum absolute atomic E-state index is 0.0282. The number of hydrogen-bond donors (Lipinski definition) is 2. The highest BCUT2D eigenvalue weighted by molar-refractivity contribution is 5.93. The van der Waals surface area contributed by atoms with Gasteiger partial charge in [-0.3, -0.25) is 14.4 Å². The normalized spacial score (nSPS) is 16.0. The van der Waals surface area contributed by atoms with Crippen molar-refractivity contribution < 1.29 is 28.6 Å². The number of ether oxygens (including phenoxy) is 3. The van der Waals surface area contributed by atoms with Crippen molar-refractivity contribution in [3.8, 4) is 5.75 Å². The maximum Gasteiger partial charge on any atom is 0.308 e. The first kappa shape index (κ1) is 23.5. The molecule has 1 atom stereocenters. The van der Waals surface area contributed by atoms with E-state index in [0.29, 0.717) is 57.4 Å². The summed E-state index contributed by atoms with van der Waals surface area (Å²) in [5, 5.41) is 5.77. The number of nitrogens with zero attached hydrogens (tertiary/aromatic N) is 1. The van der Waals surface area contributed by atoms with E-state index in [2.05, 4.69) is 10.6 Å². The Hall–Kier alpha value is -2.81. The number of anilines is 1. The molecule has 1 aliphatic heterocycles. The molecule has 1 heterocycles. The fourth-order valence-electron chi connectivity index (χ4n) is 3.01. The zero-order valence-electron chi connectivity index (χ0n) is 17.6. The van der Waals surface area contributed by atoms with E-state index in [9.17, 15) is 14.4 Å². The summed E-state index contributed by atoms with van der Waals surface area (Å²) < 4.78 is 16.0. The number of para-hydroxylation sites is 2. The standard InChI is InChI=1S/C21H31N3O6/c1-3-11-30-20(26)14-17-21(27)22-9-10-24(17)19(25)15-23-16-7-5-6-8-18(16)29-13-12-28-4-2/h5-8,17,23H,3-4,9-15H2,1-2H3,(H,22,27). The number of carbonyl (C=O) groups is 3. The maximum absolute atomic E-state index is 12.8. The molecule has 2 rings (SSSR count). The Kier molecular flexibility index (Phi) is 9.93. The molecular weight excluding hydrogens is 390 g/mol. The van der Waals surface area contributed by atoms with Crippen LogP contribution in [0.25, 0.3) is 0 Å². The van der Waals surface area contributed by atoms with Crippen LogP contribution in [0.4, 0.5) is 5.69 Å². The van der Waals surface area contributed by atoms with Crippen molar-refractivity contribution in [3.05, 3.63) is 24.3 Å². The first-order chi connectivity index (χ1) is 14.6. The number of rotatable bonds is 12. The van der Waals surface area contributed by atoms with Gasteiger partial charge in [0.15, 0.2) is 0 Å². The van der Waals surface area contributed by atoms with E-state index in [1.165, 1.54) is 4.90 Å². The quantitative estimate of drug-likeness (QED) is 0.386. The summed E-state index contributed by atoms with van der Waals surface area (Å²) in [5.41, 5.74) is 0.669. The highest BCUT2D eigenvalue weighted by Crippen LogP contribution is 2.23. The Bertz CT molecular complexity index is 712. The van der Waals surface area contributed by atoms with Gasteiger partial charge in [0, 0.05) is 19.7 Å². The first-order valence-electron chi connectivity index (χ1n) is 10.3. The van der Waals surface area contributed by atoms with Gasteiger partial charge in [0.25, 0.3) is 0 Å². The van der Waals surface area contributed by atoms with Crippen LogP contribution in [0.5, 0.6) is 5.75 Å². The van der Waals surface area contributed by atoms with E-state index in [1.54, 1.807) is 6.07 Å². The summed E-state index contributed by atoms with van der Waals surface area (Å²) in [6.07, 6.45) is 0.538. The van der Waals surface area contributed by atoms with Crippen LogP contribution in [-0.4, -0.2) is 74.8 Å². The fourth-order valence-corrected chi connectivity index (χ4v) is 3.01. The van der Waals surface area contributed by atoms with Gasteiger partial charge in [-0.05, 0) is 25.5 Å². The summed E-state index contributed by atoms with van der Waals surface area (Å²) >= 11 is 0. The van der Waals surface area contributed by atoms with Crippen LogP contribution in [0.1, 0.15) is 26.7 Å². The lowest BCUT2D eigenvalue weighted by Gasteiger charge is -2.34. The van der Waals surface area contributed by atoms with Gasteiger partial charge in [-0.25, -0.2) is 0 Å². The Morgan fingerprint density at radius 2 is 2.00 bits per heavy atom. The SMILES string of the molecule is CCCOC(=O)CC1C(=O)NCCN1C(=O)CNc1ccccc1OCCOCC. The Balaban J connectivity index is 1.95. The molecule has 1 aromatic rings. The van der Waals surface area contributed by atoms with E-state index < -0.39 is 12.0 Å². The number of carbonyl (C=O) groups excluding carboxylic acids is 3. The minimum atomic E-state index is -0.866. The lowest BCUT2D eigenvalue weighted by molar-refractivity contribution is -0.151. The molecule has 1 unspecified atom stereocenters. The van der Waals surface area contributed by atoms with E-state index in [-0.39, 0.29) is 24.8 Å². The molecule has 166 valence electrons. The molecule has 1 saturated heterocycles. The summed E-state index contributed by atoms with van der Waals surface area (Å²) in [4.78, 5) is 38.5. The summed E-state index contributed by atoms with van der Waals surface area (Å²) in [7, 11) is 0. The Labute approximate surface area is 177 Å². The molecule has 30 heavy (non-hydrogen) atoms. The summed E-state index contributed by atoms with van der Waals surface area (Å²) in [6, 6.07) is 6.43. The smallest absolute Gasteiger partial charge is 0.308 e. The number of amides is 2. The van der Waals surface area contributed by atoms with E-state index in [4.69, 9.17) is 14.2 Å². The zero-order valence-corrected chi connectivity index (χ0v) is 17.6. The monoisotopic (exact) mass is 421 g/mol. The molecule has 0 saturated carbocycles. The average molecular weight is 421 g/mol. The van der Waals surface area contributed by atoms with Crippen LogP contribution in [0.15, 0.2) is 24.3 Å². The highest BCUT2D eigenvalue weighted by Gasteiger charge is 2.35. The molecular formula is C21H31N3O6. The van der Waals surface area contributed by atoms with Crippen molar-refractivity contribution in [2.24, 2.45) is 0 Å². The van der Waals surface area contributed by atoms with Crippen molar-refractivity contribution in [3.63, 3.8) is 0 Å². The zero-order chi connectivity index (χ0) is 21.8. The van der Waals surface area contributed by atoms with Crippen molar-refractivity contribution in [1.29, 1.82) is 0 Å². The van der Waals surface area contributed by atoms with Crippen molar-refractivity contribution in [1.82, 2.24) is 10.2 Å². The predicted molar refractivity (Wildman–Crippen MR) is 111 cm³/mol. The van der Waals surface area contributed by atoms with Crippen molar-refractivity contribution in [2.75, 3.05) is 51.4 Å². The Morgan fingerprint density at radius 1 is 1.20 bits per heavy atom. The molecule has 1 aromatic carbocycles. The van der Waals surface area contributed by atoms with Crippen LogP contribution in [-0.2, 0) is 23.9 Å². The lowest BCUT2D eigenvalue weighted by Crippen LogP contribution is -2.58. The minimum Gasteiger partial charge on any atom is -0.489 e. The van der Waals surface area contributed by atoms with Gasteiger partial charge in [0.1, 0.15) is 18.4 Å². The molecule has 9 nitrogen and oxygen atoms in total. The Morgan fingerprint density at radius 3 is 2.77 bits per heavy atom. The van der Waals surface area contributed by atoms with Gasteiger partial charge < -0.3 is 29.7 Å². The molecule has 0 aliphatic carbocycles. The molecule has 2 amide bonds. The van der Waals surface area contributed by atoms with Crippen molar-refractivity contribution in [2.45, 2.75) is 32.7 Å². The lowest BCUT2D eigenvalue weighted by atomic mass is 10.1. The molecule has 0 radical (unpaired) electrons. The van der Waals surface area contributed by atoms with E-state index >= 15 is 0 Å². The highest BCUT2D eigenvalue weighted by atomic mass is 16.5. The van der Waals surface area contributed by atoms with Gasteiger partial charge in [-0.1, -0.05) is 19.1 Å². The van der Waals surface area contributed by atoms with E-state index in [0.717, 1.165) is 0 Å². The predicted octanol–water partition coefficient (Wildman–Crippen LogP) is 1.18. The molecule has 1 aliphatic rings. The van der Waals surface area contributed by atoms with Crippen LogP contribution >= 0.6 is 0 Å². The summed E-state index contributed by atoms with van der Waals surface area (Å²) in [6.45, 7) is 6.25. The number of piperazine rings is 1. The second-order valence-electron chi connectivity index (χ2n) is 6.71. The second-order valence-corrected chi connectivity index (χ2v) is 6.71. The maximum atomic E-state index is 12.8. The summed E-state index contributed by atoms with van der Waals surface area (Å²) in [5.74, 6) is -0.497.